The molecule has 2 atom stereocenters. The maximum absolute atomic E-state index is 11.9. The van der Waals surface area contributed by atoms with Crippen LogP contribution < -0.4 is 4.90 Å². The van der Waals surface area contributed by atoms with E-state index in [1.807, 2.05) is 13.1 Å². The van der Waals surface area contributed by atoms with Gasteiger partial charge in [-0.25, -0.2) is 4.98 Å². The van der Waals surface area contributed by atoms with Gasteiger partial charge in [-0.2, -0.15) is 5.21 Å². The molecule has 2 N–H and O–H groups in total. The summed E-state index contributed by atoms with van der Waals surface area (Å²) in [6.07, 6.45) is 6.33. The van der Waals surface area contributed by atoms with Crippen molar-refractivity contribution in [2.45, 2.75) is 44.9 Å². The number of aromatic nitrogens is 5. The zero-order valence-corrected chi connectivity index (χ0v) is 17.8. The second kappa shape index (κ2) is 9.34. The first-order valence-electron chi connectivity index (χ1n) is 10.4. The first-order chi connectivity index (χ1) is 14.7. The van der Waals surface area contributed by atoms with Crippen molar-refractivity contribution in [1.82, 2.24) is 25.6 Å². The fourth-order valence-electron chi connectivity index (χ4n) is 4.06. The molecule has 0 bridgehead atoms. The van der Waals surface area contributed by atoms with Crippen LogP contribution in [-0.4, -0.2) is 49.8 Å². The zero-order valence-electron chi connectivity index (χ0n) is 17.0. The molecule has 9 heteroatoms. The number of nitrogens with one attached hydrogen (secondary N) is 1. The number of anilines is 1. The minimum absolute atomic E-state index is 0.322. The Morgan fingerprint density at radius 3 is 2.67 bits per heavy atom. The van der Waals surface area contributed by atoms with Crippen LogP contribution in [0.25, 0.3) is 10.4 Å². The lowest BCUT2D eigenvalue weighted by Gasteiger charge is -2.21. The molecule has 0 amide bonds. The van der Waals surface area contributed by atoms with Gasteiger partial charge in [-0.1, -0.05) is 54.2 Å². The summed E-state index contributed by atoms with van der Waals surface area (Å²) in [4.78, 5) is 20.0. The van der Waals surface area contributed by atoms with Gasteiger partial charge in [-0.15, -0.1) is 10.2 Å². The van der Waals surface area contributed by atoms with E-state index in [1.54, 1.807) is 11.3 Å². The molecule has 1 fully saturated rings. The summed E-state index contributed by atoms with van der Waals surface area (Å²) in [7, 11) is 0. The molecule has 3 heterocycles. The molecule has 158 valence electrons. The van der Waals surface area contributed by atoms with E-state index in [0.717, 1.165) is 40.6 Å². The zero-order chi connectivity index (χ0) is 20.9. The monoisotopic (exact) mass is 426 g/mol. The van der Waals surface area contributed by atoms with Crippen LogP contribution in [0, 0.1) is 5.92 Å². The lowest BCUT2D eigenvalue weighted by molar-refractivity contribution is -0.142. The number of aromatic amines is 1. The molecule has 4 rings (SSSR count). The van der Waals surface area contributed by atoms with E-state index in [4.69, 9.17) is 0 Å². The van der Waals surface area contributed by atoms with Gasteiger partial charge >= 0.3 is 5.97 Å². The summed E-state index contributed by atoms with van der Waals surface area (Å²) < 4.78 is 0. The highest BCUT2D eigenvalue weighted by Crippen LogP contribution is 2.34. The highest BCUT2D eigenvalue weighted by molar-refractivity contribution is 7.18. The minimum atomic E-state index is -0.817. The summed E-state index contributed by atoms with van der Waals surface area (Å²) in [5.41, 5.74) is 2.18. The maximum atomic E-state index is 11.9. The van der Waals surface area contributed by atoms with E-state index in [0.29, 0.717) is 18.7 Å². The van der Waals surface area contributed by atoms with Crippen LogP contribution in [0.4, 0.5) is 5.13 Å². The number of carboxylic acids is 1. The lowest BCUT2D eigenvalue weighted by Crippen LogP contribution is -2.25. The molecule has 0 spiro atoms. The van der Waals surface area contributed by atoms with E-state index in [-0.39, 0.29) is 5.92 Å². The predicted molar refractivity (Wildman–Crippen MR) is 116 cm³/mol. The minimum Gasteiger partial charge on any atom is -0.481 e. The highest BCUT2D eigenvalue weighted by Gasteiger charge is 2.32. The largest absolute Gasteiger partial charge is 0.481 e. The van der Waals surface area contributed by atoms with E-state index in [9.17, 15) is 9.90 Å². The summed E-state index contributed by atoms with van der Waals surface area (Å²) in [5, 5.41) is 25.1. The Hall–Kier alpha value is -2.81. The van der Waals surface area contributed by atoms with Gasteiger partial charge in [0, 0.05) is 25.2 Å². The van der Waals surface area contributed by atoms with Crippen molar-refractivity contribution >= 4 is 22.4 Å². The first-order valence-corrected chi connectivity index (χ1v) is 11.2. The topological polar surface area (TPSA) is 108 Å². The van der Waals surface area contributed by atoms with Crippen molar-refractivity contribution in [3.05, 3.63) is 41.9 Å². The van der Waals surface area contributed by atoms with Crippen molar-refractivity contribution in [2.24, 2.45) is 5.92 Å². The molecule has 0 aliphatic carbocycles. The number of H-pyrrole nitrogens is 1. The molecule has 1 aromatic carbocycles. The van der Waals surface area contributed by atoms with Crippen molar-refractivity contribution in [3.8, 4) is 10.4 Å². The van der Waals surface area contributed by atoms with Crippen LogP contribution in [0.1, 0.15) is 49.9 Å². The van der Waals surface area contributed by atoms with Gasteiger partial charge in [0.25, 0.3) is 0 Å². The van der Waals surface area contributed by atoms with Crippen molar-refractivity contribution in [2.75, 3.05) is 18.0 Å². The molecular formula is C21H26N6O2S. The molecule has 2 unspecified atom stereocenters. The van der Waals surface area contributed by atoms with E-state index in [2.05, 4.69) is 54.8 Å². The van der Waals surface area contributed by atoms with Crippen LogP contribution in [0.5, 0.6) is 0 Å². The third-order valence-electron chi connectivity index (χ3n) is 5.66. The van der Waals surface area contributed by atoms with Gasteiger partial charge in [-0.05, 0) is 36.8 Å². The number of carbonyl (C=O) groups is 1. The number of carboxylic acid groups (broad SMARTS) is 1. The molecule has 3 aromatic rings. The van der Waals surface area contributed by atoms with Gasteiger partial charge in [0.1, 0.15) is 0 Å². The van der Waals surface area contributed by atoms with Crippen molar-refractivity contribution in [1.29, 1.82) is 0 Å². The molecule has 0 saturated carbocycles. The second-order valence-corrected chi connectivity index (χ2v) is 8.72. The fourth-order valence-corrected chi connectivity index (χ4v) is 5.03. The lowest BCUT2D eigenvalue weighted by atomic mass is 9.83. The number of hydrogen-bond donors (Lipinski definition) is 2. The number of aliphatic carboxylic acids is 1. The van der Waals surface area contributed by atoms with Gasteiger partial charge in [0.05, 0.1) is 10.8 Å². The third-order valence-corrected chi connectivity index (χ3v) is 6.77. The molecule has 30 heavy (non-hydrogen) atoms. The summed E-state index contributed by atoms with van der Waals surface area (Å²) in [6.45, 7) is 4.17. The molecule has 1 saturated heterocycles. The van der Waals surface area contributed by atoms with E-state index in [1.165, 1.54) is 12.8 Å². The average molecular weight is 427 g/mol. The summed E-state index contributed by atoms with van der Waals surface area (Å²) in [5.74, 6) is -1.23. The van der Waals surface area contributed by atoms with Crippen LogP contribution in [0.2, 0.25) is 0 Å². The van der Waals surface area contributed by atoms with Crippen molar-refractivity contribution in [3.63, 3.8) is 0 Å². The summed E-state index contributed by atoms with van der Waals surface area (Å²) in [6, 6.07) is 8.28. The number of hydrogen-bond acceptors (Lipinski definition) is 7. The predicted octanol–water partition coefficient (Wildman–Crippen LogP) is 3.75. The number of nitrogens with zero attached hydrogens (tertiary/aromatic N) is 5. The Morgan fingerprint density at radius 2 is 2.03 bits per heavy atom. The number of tetrazole rings is 1. The number of thiazole rings is 1. The van der Waals surface area contributed by atoms with Crippen LogP contribution in [0.3, 0.4) is 0 Å². The SMILES string of the molecule is CCCC(C(=O)O)C(Cc1ccc(-c2cnc(N3CCCC3)s2)cc1)c1nn[nH]n1. The normalized spacial score (nSPS) is 16.0. The van der Waals surface area contributed by atoms with Crippen molar-refractivity contribution < 1.29 is 9.90 Å². The van der Waals surface area contributed by atoms with Gasteiger partial charge in [0.2, 0.25) is 0 Å². The first kappa shape index (κ1) is 20.5. The Labute approximate surface area is 179 Å². The Balaban J connectivity index is 1.51. The fraction of sp³-hybridized carbons (Fsp3) is 0.476. The summed E-state index contributed by atoms with van der Waals surface area (Å²) >= 11 is 1.72. The molecule has 1 aliphatic heterocycles. The molecule has 2 aromatic heterocycles. The maximum Gasteiger partial charge on any atom is 0.307 e. The van der Waals surface area contributed by atoms with Gasteiger partial charge < -0.3 is 10.0 Å². The van der Waals surface area contributed by atoms with Gasteiger partial charge in [0.15, 0.2) is 11.0 Å². The standard InChI is InChI=1S/C21H26N6O2S/c1-2-5-16(20(28)29)17(19-23-25-26-24-19)12-14-6-8-15(9-7-14)18-13-22-21(30-18)27-10-3-4-11-27/h6-9,13,16-17H,2-5,10-12H2,1H3,(H,28,29)(H,23,24,25,26). The van der Waals surface area contributed by atoms with Crippen LogP contribution in [-0.2, 0) is 11.2 Å². The second-order valence-electron chi connectivity index (χ2n) is 7.71. The number of benzene rings is 1. The third kappa shape index (κ3) is 4.51. The Morgan fingerprint density at radius 1 is 1.27 bits per heavy atom. The van der Waals surface area contributed by atoms with E-state index >= 15 is 0 Å². The quantitative estimate of drug-likeness (QED) is 0.536. The highest BCUT2D eigenvalue weighted by atomic mass is 32.1. The molecule has 0 radical (unpaired) electrons. The van der Waals surface area contributed by atoms with Crippen LogP contribution in [0.15, 0.2) is 30.5 Å². The van der Waals surface area contributed by atoms with E-state index < -0.39 is 11.9 Å². The number of rotatable bonds is 9. The molecular weight excluding hydrogens is 400 g/mol. The molecule has 1 aliphatic rings. The van der Waals surface area contributed by atoms with Gasteiger partial charge in [-0.3, -0.25) is 4.79 Å². The smallest absolute Gasteiger partial charge is 0.307 e. The average Bonchev–Trinajstić information content (AvgIpc) is 3.52. The Kier molecular flexibility index (Phi) is 6.37. The Bertz CT molecular complexity index is 950. The molecule has 8 nitrogen and oxygen atoms in total. The van der Waals surface area contributed by atoms with Crippen LogP contribution >= 0.6 is 11.3 Å².